The normalized spacial score (nSPS) is 18.6. The molecule has 1 aliphatic carbocycles. The maximum Gasteiger partial charge on any atom is 0.254 e. The van der Waals surface area contributed by atoms with E-state index < -0.39 is 0 Å². The number of fused-ring (bicyclic) bond motifs is 1. The maximum absolute atomic E-state index is 13.2. The maximum atomic E-state index is 13.2. The first-order chi connectivity index (χ1) is 15.1. The zero-order chi connectivity index (χ0) is 21.4. The number of hydrogen-bond donors (Lipinski definition) is 0. The van der Waals surface area contributed by atoms with Crippen LogP contribution >= 0.6 is 0 Å². The molecule has 5 heteroatoms. The molecular formula is C26H32N4O. The molecule has 0 atom stereocenters. The third-order valence-electron chi connectivity index (χ3n) is 7.10. The van der Waals surface area contributed by atoms with Gasteiger partial charge in [-0.15, -0.1) is 0 Å². The van der Waals surface area contributed by atoms with E-state index in [1.54, 1.807) is 0 Å². The smallest absolute Gasteiger partial charge is 0.254 e. The molecule has 0 N–H and O–H groups in total. The molecule has 5 rings (SSSR count). The Kier molecular flexibility index (Phi) is 5.53. The Morgan fingerprint density at radius 2 is 1.71 bits per heavy atom. The van der Waals surface area contributed by atoms with E-state index in [-0.39, 0.29) is 5.91 Å². The molecule has 0 bridgehead atoms. The number of nitrogens with zero attached hydrogens (tertiary/aromatic N) is 4. The van der Waals surface area contributed by atoms with Crippen molar-refractivity contribution in [2.75, 3.05) is 26.2 Å². The molecule has 0 unspecified atom stereocenters. The molecule has 1 saturated heterocycles. The quantitative estimate of drug-likeness (QED) is 0.620. The highest BCUT2D eigenvalue weighted by Gasteiger charge is 2.27. The summed E-state index contributed by atoms with van der Waals surface area (Å²) in [6.07, 6.45) is 8.62. The van der Waals surface area contributed by atoms with Gasteiger partial charge in [-0.2, -0.15) is 0 Å². The summed E-state index contributed by atoms with van der Waals surface area (Å²) in [4.78, 5) is 22.4. The molecule has 3 aromatic rings. The first-order valence-electron chi connectivity index (χ1n) is 11.7. The Morgan fingerprint density at radius 1 is 0.935 bits per heavy atom. The highest BCUT2D eigenvalue weighted by atomic mass is 16.2. The fourth-order valence-corrected chi connectivity index (χ4v) is 5.33. The van der Waals surface area contributed by atoms with Crippen LogP contribution in [0.3, 0.4) is 0 Å². The molecule has 5 nitrogen and oxygen atoms in total. The van der Waals surface area contributed by atoms with Gasteiger partial charge in [0.05, 0.1) is 16.7 Å². The van der Waals surface area contributed by atoms with E-state index in [2.05, 4.69) is 46.5 Å². The number of aromatic nitrogens is 2. The second-order valence-corrected chi connectivity index (χ2v) is 9.23. The largest absolute Gasteiger partial charge is 0.336 e. The van der Waals surface area contributed by atoms with Crippen LogP contribution in [0.15, 0.2) is 42.7 Å². The average Bonchev–Trinajstić information content (AvgIpc) is 3.22. The molecule has 1 aromatic heterocycles. The highest BCUT2D eigenvalue weighted by Crippen LogP contribution is 2.25. The van der Waals surface area contributed by atoms with Crippen molar-refractivity contribution >= 4 is 16.9 Å². The van der Waals surface area contributed by atoms with Crippen LogP contribution in [0.1, 0.15) is 53.6 Å². The number of imidazole rings is 1. The van der Waals surface area contributed by atoms with Crippen molar-refractivity contribution in [1.29, 1.82) is 0 Å². The molecule has 31 heavy (non-hydrogen) atoms. The van der Waals surface area contributed by atoms with Gasteiger partial charge in [-0.25, -0.2) is 4.98 Å². The Bertz CT molecular complexity index is 1090. The van der Waals surface area contributed by atoms with Gasteiger partial charge in [0.2, 0.25) is 0 Å². The van der Waals surface area contributed by atoms with E-state index >= 15 is 0 Å². The first kappa shape index (κ1) is 20.3. The van der Waals surface area contributed by atoms with E-state index in [4.69, 9.17) is 0 Å². The van der Waals surface area contributed by atoms with Crippen molar-refractivity contribution in [1.82, 2.24) is 19.4 Å². The lowest BCUT2D eigenvalue weighted by atomic mass is 9.94. The van der Waals surface area contributed by atoms with Crippen molar-refractivity contribution in [2.45, 2.75) is 52.0 Å². The van der Waals surface area contributed by atoms with Crippen LogP contribution in [0.5, 0.6) is 0 Å². The monoisotopic (exact) mass is 416 g/mol. The van der Waals surface area contributed by atoms with Gasteiger partial charge < -0.3 is 4.90 Å². The highest BCUT2D eigenvalue weighted by molar-refractivity contribution is 5.97. The topological polar surface area (TPSA) is 41.4 Å². The lowest BCUT2D eigenvalue weighted by Gasteiger charge is -2.40. The standard InChI is InChI=1S/C26H32N4O/c1-19-8-10-24(20(2)16-19)30-18-27-23-17-21(9-11-25(23)30)26(31)29-14-12-28(13-15-29)22-6-4-3-5-7-22/h8-11,16-18,22H,3-7,12-15H2,1-2H3. The zero-order valence-corrected chi connectivity index (χ0v) is 18.7. The summed E-state index contributed by atoms with van der Waals surface area (Å²) in [7, 11) is 0. The number of carbonyl (C=O) groups is 1. The summed E-state index contributed by atoms with van der Waals surface area (Å²) < 4.78 is 2.11. The molecule has 0 radical (unpaired) electrons. The van der Waals surface area contributed by atoms with Crippen molar-refractivity contribution in [3.8, 4) is 5.69 Å². The van der Waals surface area contributed by atoms with E-state index in [0.29, 0.717) is 0 Å². The second-order valence-electron chi connectivity index (χ2n) is 9.23. The number of amides is 1. The molecular weight excluding hydrogens is 384 g/mol. The minimum atomic E-state index is 0.131. The van der Waals surface area contributed by atoms with Gasteiger partial charge in [-0.05, 0) is 56.5 Å². The van der Waals surface area contributed by atoms with Gasteiger partial charge in [0.1, 0.15) is 6.33 Å². The summed E-state index contributed by atoms with van der Waals surface area (Å²) in [5.41, 5.74) is 6.24. The van der Waals surface area contributed by atoms with Crippen LogP contribution in [-0.4, -0.2) is 57.5 Å². The van der Waals surface area contributed by atoms with Crippen LogP contribution in [0.2, 0.25) is 0 Å². The van der Waals surface area contributed by atoms with Crippen LogP contribution in [0, 0.1) is 13.8 Å². The van der Waals surface area contributed by atoms with Gasteiger partial charge in [-0.1, -0.05) is 37.0 Å². The third-order valence-corrected chi connectivity index (χ3v) is 7.10. The predicted octanol–water partition coefficient (Wildman–Crippen LogP) is 4.73. The van der Waals surface area contributed by atoms with Crippen LogP contribution in [0.25, 0.3) is 16.7 Å². The van der Waals surface area contributed by atoms with Crippen molar-refractivity contribution < 1.29 is 4.79 Å². The average molecular weight is 417 g/mol. The predicted molar refractivity (Wildman–Crippen MR) is 125 cm³/mol. The molecule has 2 heterocycles. The molecule has 162 valence electrons. The van der Waals surface area contributed by atoms with E-state index in [0.717, 1.165) is 54.5 Å². The van der Waals surface area contributed by atoms with Crippen LogP contribution < -0.4 is 0 Å². The number of aryl methyl sites for hydroxylation is 2. The van der Waals surface area contributed by atoms with E-state index in [9.17, 15) is 4.79 Å². The van der Waals surface area contributed by atoms with E-state index in [1.165, 1.54) is 43.2 Å². The van der Waals surface area contributed by atoms with Crippen molar-refractivity contribution in [3.63, 3.8) is 0 Å². The van der Waals surface area contributed by atoms with Crippen molar-refractivity contribution in [2.24, 2.45) is 0 Å². The van der Waals surface area contributed by atoms with Gasteiger partial charge in [0, 0.05) is 37.8 Å². The number of hydrogen-bond acceptors (Lipinski definition) is 3. The van der Waals surface area contributed by atoms with Crippen LogP contribution in [-0.2, 0) is 0 Å². The third kappa shape index (κ3) is 3.99. The molecule has 2 fully saturated rings. The van der Waals surface area contributed by atoms with Gasteiger partial charge in [-0.3, -0.25) is 14.3 Å². The Hall–Kier alpha value is -2.66. The summed E-state index contributed by atoms with van der Waals surface area (Å²) in [6, 6.07) is 13.1. The van der Waals surface area contributed by atoms with Gasteiger partial charge >= 0.3 is 0 Å². The van der Waals surface area contributed by atoms with Gasteiger partial charge in [0.25, 0.3) is 5.91 Å². The summed E-state index contributed by atoms with van der Waals surface area (Å²) in [6.45, 7) is 7.88. The lowest BCUT2D eigenvalue weighted by molar-refractivity contribution is 0.0523. The van der Waals surface area contributed by atoms with Crippen molar-refractivity contribution in [3.05, 3.63) is 59.4 Å². The minimum Gasteiger partial charge on any atom is -0.336 e. The summed E-state index contributed by atoms with van der Waals surface area (Å²) in [5, 5.41) is 0. The Balaban J connectivity index is 1.31. The molecule has 1 aliphatic heterocycles. The Morgan fingerprint density at radius 3 is 2.45 bits per heavy atom. The molecule has 1 saturated carbocycles. The Labute approximate surface area is 184 Å². The van der Waals surface area contributed by atoms with Crippen LogP contribution in [0.4, 0.5) is 0 Å². The van der Waals surface area contributed by atoms with E-state index in [1.807, 2.05) is 29.4 Å². The molecule has 2 aliphatic rings. The van der Waals surface area contributed by atoms with Gasteiger partial charge in [0.15, 0.2) is 0 Å². The zero-order valence-electron chi connectivity index (χ0n) is 18.7. The minimum absolute atomic E-state index is 0.131. The number of piperazine rings is 1. The summed E-state index contributed by atoms with van der Waals surface area (Å²) >= 11 is 0. The molecule has 2 aromatic carbocycles. The molecule has 0 spiro atoms. The molecule has 1 amide bonds. The first-order valence-corrected chi connectivity index (χ1v) is 11.7. The fraction of sp³-hybridized carbons (Fsp3) is 0.462. The SMILES string of the molecule is Cc1ccc(-n2cnc3cc(C(=O)N4CCN(C5CCCCC5)CC4)ccc32)c(C)c1. The lowest BCUT2D eigenvalue weighted by Crippen LogP contribution is -2.52. The number of benzene rings is 2. The summed E-state index contributed by atoms with van der Waals surface area (Å²) in [5.74, 6) is 0.131. The second kappa shape index (κ2) is 8.46. The fourth-order valence-electron chi connectivity index (χ4n) is 5.33. The number of carbonyl (C=O) groups excluding carboxylic acids is 1. The number of rotatable bonds is 3.